The number of pyridine rings is 1. The van der Waals surface area contributed by atoms with E-state index in [1.165, 1.54) is 24.3 Å². The fourth-order valence-corrected chi connectivity index (χ4v) is 2.77. The van der Waals surface area contributed by atoms with Crippen molar-refractivity contribution in [3.05, 3.63) is 65.1 Å². The van der Waals surface area contributed by atoms with Gasteiger partial charge in [-0.2, -0.15) is 9.67 Å². The molecule has 2 aromatic heterocycles. The molecule has 154 valence electrons. The summed E-state index contributed by atoms with van der Waals surface area (Å²) in [7, 11) is 1.45. The summed E-state index contributed by atoms with van der Waals surface area (Å²) in [5, 5.41) is 12.8. The Bertz CT molecular complexity index is 1070. The highest BCUT2D eigenvalue weighted by atomic mass is 35.5. The molecule has 4 rings (SSSR count). The number of oxime groups is 2. The number of ether oxygens (including phenoxy) is 2. The molecule has 0 bridgehead atoms. The Morgan fingerprint density at radius 2 is 2.10 bits per heavy atom. The molecule has 10 nitrogen and oxygen atoms in total. The molecule has 0 spiro atoms. The summed E-state index contributed by atoms with van der Waals surface area (Å²) in [6.07, 6.45) is 3.04. The van der Waals surface area contributed by atoms with Crippen LogP contribution in [0.15, 0.2) is 59.2 Å². The topological polar surface area (TPSA) is 105 Å². The van der Waals surface area contributed by atoms with Gasteiger partial charge in [-0.1, -0.05) is 41.0 Å². The fraction of sp³-hybridized carbons (Fsp3) is 0.211. The van der Waals surface area contributed by atoms with Crippen LogP contribution in [0.4, 0.5) is 0 Å². The Labute approximate surface area is 176 Å². The van der Waals surface area contributed by atoms with Gasteiger partial charge in [0.15, 0.2) is 18.1 Å². The lowest BCUT2D eigenvalue weighted by Crippen LogP contribution is -2.26. The molecule has 0 radical (unpaired) electrons. The summed E-state index contributed by atoms with van der Waals surface area (Å²) in [6, 6.07) is 11.2. The van der Waals surface area contributed by atoms with Crippen LogP contribution in [-0.4, -0.2) is 51.7 Å². The van der Waals surface area contributed by atoms with Gasteiger partial charge in [-0.3, -0.25) is 0 Å². The molecule has 0 unspecified atom stereocenters. The average Bonchev–Trinajstić information content (AvgIpc) is 3.26. The maximum absolute atomic E-state index is 5.86. The number of halogens is 1. The van der Waals surface area contributed by atoms with Gasteiger partial charge in [0.1, 0.15) is 26.7 Å². The summed E-state index contributed by atoms with van der Waals surface area (Å²) < 4.78 is 12.8. The van der Waals surface area contributed by atoms with Crippen molar-refractivity contribution in [2.24, 2.45) is 10.3 Å². The molecule has 0 atom stereocenters. The molecule has 0 N–H and O–H groups in total. The molecule has 11 heteroatoms. The smallest absolute Gasteiger partial charge is 0.336 e. The molecule has 0 saturated carbocycles. The monoisotopic (exact) mass is 428 g/mol. The van der Waals surface area contributed by atoms with Gasteiger partial charge in [-0.25, -0.2) is 4.98 Å². The van der Waals surface area contributed by atoms with Crippen molar-refractivity contribution in [2.75, 3.05) is 20.3 Å². The predicted molar refractivity (Wildman–Crippen MR) is 108 cm³/mol. The highest BCUT2D eigenvalue weighted by molar-refractivity contribution is 6.45. The van der Waals surface area contributed by atoms with Crippen molar-refractivity contribution in [1.29, 1.82) is 0 Å². The number of hydrogen-bond acceptors (Lipinski definition) is 9. The van der Waals surface area contributed by atoms with Crippen molar-refractivity contribution in [1.82, 2.24) is 19.7 Å². The maximum atomic E-state index is 5.86. The van der Waals surface area contributed by atoms with E-state index in [2.05, 4.69) is 25.4 Å². The Morgan fingerprint density at radius 1 is 1.20 bits per heavy atom. The van der Waals surface area contributed by atoms with Crippen LogP contribution in [0.2, 0.25) is 5.02 Å². The van der Waals surface area contributed by atoms with Gasteiger partial charge in [0.2, 0.25) is 0 Å². The molecule has 0 saturated heterocycles. The maximum Gasteiger partial charge on any atom is 0.336 e. The first-order valence-electron chi connectivity index (χ1n) is 8.93. The van der Waals surface area contributed by atoms with E-state index < -0.39 is 0 Å². The first kappa shape index (κ1) is 19.6. The van der Waals surface area contributed by atoms with Crippen LogP contribution in [-0.2, 0) is 21.0 Å². The first-order valence-corrected chi connectivity index (χ1v) is 9.31. The van der Waals surface area contributed by atoms with E-state index in [1.807, 2.05) is 24.3 Å². The number of benzene rings is 1. The van der Waals surface area contributed by atoms with Crippen molar-refractivity contribution < 1.29 is 19.1 Å². The third kappa shape index (κ3) is 4.49. The van der Waals surface area contributed by atoms with Crippen LogP contribution in [0, 0.1) is 0 Å². The number of rotatable bonds is 7. The largest absolute Gasteiger partial charge is 0.470 e. The van der Waals surface area contributed by atoms with Crippen LogP contribution < -0.4 is 4.74 Å². The van der Waals surface area contributed by atoms with E-state index in [0.29, 0.717) is 29.8 Å². The van der Waals surface area contributed by atoms with E-state index in [0.717, 1.165) is 11.1 Å². The molecule has 3 heterocycles. The second-order valence-corrected chi connectivity index (χ2v) is 6.39. The molecule has 0 fully saturated rings. The van der Waals surface area contributed by atoms with Crippen molar-refractivity contribution >= 4 is 23.2 Å². The van der Waals surface area contributed by atoms with Gasteiger partial charge >= 0.3 is 6.01 Å². The fourth-order valence-electron chi connectivity index (χ4n) is 2.66. The minimum Gasteiger partial charge on any atom is -0.470 e. The van der Waals surface area contributed by atoms with Crippen LogP contribution in [0.1, 0.15) is 11.1 Å². The van der Waals surface area contributed by atoms with E-state index >= 15 is 0 Å². The van der Waals surface area contributed by atoms with Gasteiger partial charge in [0.25, 0.3) is 5.90 Å². The van der Waals surface area contributed by atoms with Crippen LogP contribution >= 0.6 is 11.6 Å². The first-order chi connectivity index (χ1) is 14.7. The summed E-state index contributed by atoms with van der Waals surface area (Å²) >= 11 is 5.86. The summed E-state index contributed by atoms with van der Waals surface area (Å²) in [6.45, 7) is 0.941. The van der Waals surface area contributed by atoms with Crippen LogP contribution in [0.5, 0.6) is 6.01 Å². The minimum absolute atomic E-state index is 0.186. The molecule has 1 aromatic carbocycles. The van der Waals surface area contributed by atoms with E-state index in [9.17, 15) is 0 Å². The molecule has 1 aliphatic rings. The second-order valence-electron chi connectivity index (χ2n) is 5.95. The quantitative estimate of drug-likeness (QED) is 0.420. The third-order valence-electron chi connectivity index (χ3n) is 3.99. The molecular weight excluding hydrogens is 412 g/mol. The number of aromatic nitrogens is 4. The zero-order valence-corrected chi connectivity index (χ0v) is 16.7. The SMILES string of the molecule is CO/N=C(\C1=NOCCO1)c1ccccc1COc1ncn(-c2ccc(Cl)cn2)n1. The van der Waals surface area contributed by atoms with Crippen LogP contribution in [0.3, 0.4) is 0 Å². The van der Waals surface area contributed by atoms with Crippen molar-refractivity contribution in [3.8, 4) is 11.8 Å². The predicted octanol–water partition coefficient (Wildman–Crippen LogP) is 2.61. The van der Waals surface area contributed by atoms with E-state index in [1.54, 1.807) is 12.1 Å². The molecule has 1 aliphatic heterocycles. The van der Waals surface area contributed by atoms with Crippen molar-refractivity contribution in [3.63, 3.8) is 0 Å². The molecular formula is C19H17ClN6O4. The van der Waals surface area contributed by atoms with Crippen LogP contribution in [0.25, 0.3) is 5.82 Å². The number of nitrogens with zero attached hydrogens (tertiary/aromatic N) is 6. The van der Waals surface area contributed by atoms with Gasteiger partial charge in [0, 0.05) is 11.8 Å². The molecule has 0 amide bonds. The summed E-state index contributed by atoms with van der Waals surface area (Å²) in [4.78, 5) is 18.4. The highest BCUT2D eigenvalue weighted by Crippen LogP contribution is 2.16. The number of hydrogen-bond donors (Lipinski definition) is 0. The summed E-state index contributed by atoms with van der Waals surface area (Å²) in [5.41, 5.74) is 1.94. The van der Waals surface area contributed by atoms with E-state index in [-0.39, 0.29) is 18.5 Å². The zero-order valence-electron chi connectivity index (χ0n) is 15.9. The standard InChI is InChI=1S/C19H17ClN6O4/c1-27-24-17(18-25-30-9-8-28-18)15-5-3-2-4-13(15)11-29-19-22-12-26(23-19)16-7-6-14(20)10-21-16/h2-7,10,12H,8-9,11H2,1H3/b24-17-. The molecule has 30 heavy (non-hydrogen) atoms. The summed E-state index contributed by atoms with van der Waals surface area (Å²) in [5.74, 6) is 0.816. The molecule has 0 aliphatic carbocycles. The van der Waals surface area contributed by atoms with Gasteiger partial charge in [0.05, 0.1) is 5.02 Å². The normalized spacial score (nSPS) is 13.8. The minimum atomic E-state index is 0.186. The van der Waals surface area contributed by atoms with Gasteiger partial charge in [-0.05, 0) is 22.9 Å². The zero-order chi connectivity index (χ0) is 20.8. The highest BCUT2D eigenvalue weighted by Gasteiger charge is 2.21. The lowest BCUT2D eigenvalue weighted by atomic mass is 10.0. The average molecular weight is 429 g/mol. The lowest BCUT2D eigenvalue weighted by Gasteiger charge is -2.16. The second kappa shape index (κ2) is 9.23. The van der Waals surface area contributed by atoms with Gasteiger partial charge < -0.3 is 19.1 Å². The Hall–Kier alpha value is -3.66. The Balaban J connectivity index is 1.53. The van der Waals surface area contributed by atoms with Gasteiger partial charge in [-0.15, -0.1) is 5.10 Å². The van der Waals surface area contributed by atoms with E-state index in [4.69, 9.17) is 30.7 Å². The Morgan fingerprint density at radius 3 is 2.87 bits per heavy atom. The lowest BCUT2D eigenvalue weighted by molar-refractivity contribution is 0.0672. The van der Waals surface area contributed by atoms with Crippen molar-refractivity contribution in [2.45, 2.75) is 6.61 Å². The molecule has 3 aromatic rings. The Kier molecular flexibility index (Phi) is 6.04. The third-order valence-corrected chi connectivity index (χ3v) is 4.22.